The molecule has 1 aliphatic rings. The van der Waals surface area contributed by atoms with E-state index in [1.165, 1.54) is 0 Å². The molecule has 1 atom stereocenters. The van der Waals surface area contributed by atoms with Crippen LogP contribution in [-0.2, 0) is 11.0 Å². The van der Waals surface area contributed by atoms with E-state index in [1.54, 1.807) is 18.3 Å². The Hall–Kier alpha value is -2.71. The van der Waals surface area contributed by atoms with Gasteiger partial charge in [0.05, 0.1) is 6.33 Å². The molecular formula is C19H21F3N4O2. The van der Waals surface area contributed by atoms with Crippen molar-refractivity contribution in [3.05, 3.63) is 52.3 Å². The van der Waals surface area contributed by atoms with Gasteiger partial charge in [-0.25, -0.2) is 9.97 Å². The average molecular weight is 394 g/mol. The van der Waals surface area contributed by atoms with E-state index in [2.05, 4.69) is 15.3 Å². The van der Waals surface area contributed by atoms with Gasteiger partial charge in [0, 0.05) is 12.3 Å². The molecule has 0 unspecified atom stereocenters. The molecule has 0 aliphatic heterocycles. The largest absolute Gasteiger partial charge is 0.433 e. The van der Waals surface area contributed by atoms with Gasteiger partial charge in [-0.05, 0) is 30.9 Å². The molecule has 0 bridgehead atoms. The molecule has 28 heavy (non-hydrogen) atoms. The minimum absolute atomic E-state index is 0.232. The van der Waals surface area contributed by atoms with Crippen molar-refractivity contribution >= 4 is 11.7 Å². The summed E-state index contributed by atoms with van der Waals surface area (Å²) in [6, 6.07) is 2.89. The third-order valence-electron chi connectivity index (χ3n) is 4.96. The zero-order valence-electron chi connectivity index (χ0n) is 15.4. The summed E-state index contributed by atoms with van der Waals surface area (Å²) in [6.45, 7) is 1.86. The number of carbonyl (C=O) groups is 1. The van der Waals surface area contributed by atoms with E-state index in [9.17, 15) is 22.8 Å². The lowest BCUT2D eigenvalue weighted by Crippen LogP contribution is -2.35. The summed E-state index contributed by atoms with van der Waals surface area (Å²) >= 11 is 0. The third-order valence-corrected chi connectivity index (χ3v) is 4.96. The van der Waals surface area contributed by atoms with Crippen LogP contribution in [0, 0.1) is 12.8 Å². The molecule has 0 radical (unpaired) electrons. The highest BCUT2D eigenvalue weighted by atomic mass is 19.4. The molecule has 2 aromatic rings. The molecule has 0 saturated heterocycles. The van der Waals surface area contributed by atoms with E-state index >= 15 is 0 Å². The van der Waals surface area contributed by atoms with E-state index in [1.807, 2.05) is 6.92 Å². The van der Waals surface area contributed by atoms with Crippen LogP contribution in [-0.4, -0.2) is 20.4 Å². The van der Waals surface area contributed by atoms with Crippen LogP contribution in [0.5, 0.6) is 0 Å². The number of pyridine rings is 1. The lowest BCUT2D eigenvalue weighted by molar-refractivity contribution is -0.141. The van der Waals surface area contributed by atoms with Crippen LogP contribution in [0.4, 0.5) is 19.0 Å². The Morgan fingerprint density at radius 3 is 2.57 bits per heavy atom. The predicted octanol–water partition coefficient (Wildman–Crippen LogP) is 3.73. The SMILES string of the molecule is Cc1ccc(NC(=O)[C@H](CC2CCCC2)n2cnc(C(F)(F)F)cc2=O)nc1. The van der Waals surface area contributed by atoms with Crippen LogP contribution in [0.25, 0.3) is 0 Å². The standard InChI is InChI=1S/C19H21F3N4O2/c1-12-6-7-16(23-10-12)25-18(28)14(8-13-4-2-3-5-13)26-11-24-15(9-17(26)27)19(20,21)22/h6-7,9-11,13-14H,2-5,8H2,1H3,(H,23,25,28)/t14-/m0/s1. The van der Waals surface area contributed by atoms with Gasteiger partial charge >= 0.3 is 6.18 Å². The minimum atomic E-state index is -4.72. The maximum Gasteiger partial charge on any atom is 0.433 e. The van der Waals surface area contributed by atoms with Gasteiger partial charge < -0.3 is 5.32 Å². The van der Waals surface area contributed by atoms with Gasteiger partial charge in [-0.3, -0.25) is 14.2 Å². The summed E-state index contributed by atoms with van der Waals surface area (Å²) in [5.41, 5.74) is -1.25. The van der Waals surface area contributed by atoms with Crippen molar-refractivity contribution < 1.29 is 18.0 Å². The summed E-state index contributed by atoms with van der Waals surface area (Å²) < 4.78 is 39.4. The first kappa shape index (κ1) is 20.0. The number of halogens is 3. The van der Waals surface area contributed by atoms with E-state index in [4.69, 9.17) is 0 Å². The molecule has 3 rings (SSSR count). The summed E-state index contributed by atoms with van der Waals surface area (Å²) in [5.74, 6) is 0.0581. The number of amides is 1. The Balaban J connectivity index is 1.89. The van der Waals surface area contributed by atoms with Crippen LogP contribution >= 0.6 is 0 Å². The lowest BCUT2D eigenvalue weighted by atomic mass is 9.97. The smallest absolute Gasteiger partial charge is 0.309 e. The van der Waals surface area contributed by atoms with Crippen LogP contribution < -0.4 is 10.9 Å². The van der Waals surface area contributed by atoms with Crippen LogP contribution in [0.1, 0.15) is 49.4 Å². The molecule has 0 spiro atoms. The van der Waals surface area contributed by atoms with E-state index in [0.717, 1.165) is 42.1 Å². The molecule has 0 aromatic carbocycles. The van der Waals surface area contributed by atoms with Gasteiger partial charge in [0.15, 0.2) is 5.69 Å². The molecule has 2 aromatic heterocycles. The molecule has 2 heterocycles. The lowest BCUT2D eigenvalue weighted by Gasteiger charge is -2.22. The zero-order valence-corrected chi connectivity index (χ0v) is 15.4. The molecule has 1 fully saturated rings. The quantitative estimate of drug-likeness (QED) is 0.838. The highest BCUT2D eigenvalue weighted by molar-refractivity contribution is 5.92. The van der Waals surface area contributed by atoms with E-state index in [-0.39, 0.29) is 5.92 Å². The first-order chi connectivity index (χ1) is 13.2. The summed E-state index contributed by atoms with van der Waals surface area (Å²) in [5, 5.41) is 2.65. The van der Waals surface area contributed by atoms with Gasteiger partial charge in [-0.15, -0.1) is 0 Å². The number of rotatable bonds is 5. The highest BCUT2D eigenvalue weighted by Crippen LogP contribution is 2.32. The van der Waals surface area contributed by atoms with Gasteiger partial charge in [-0.1, -0.05) is 31.7 Å². The molecule has 6 nitrogen and oxygen atoms in total. The van der Waals surface area contributed by atoms with Crippen LogP contribution in [0.3, 0.4) is 0 Å². The Kier molecular flexibility index (Phi) is 5.81. The number of aromatic nitrogens is 3. The number of anilines is 1. The molecule has 1 saturated carbocycles. The Morgan fingerprint density at radius 1 is 1.29 bits per heavy atom. The maximum absolute atomic E-state index is 12.9. The van der Waals surface area contributed by atoms with Gasteiger partial charge in [-0.2, -0.15) is 13.2 Å². The molecule has 9 heteroatoms. The summed E-state index contributed by atoms with van der Waals surface area (Å²) in [6.07, 6.45) is 1.99. The molecular weight excluding hydrogens is 373 g/mol. The van der Waals surface area contributed by atoms with Crippen molar-refractivity contribution in [1.29, 1.82) is 0 Å². The van der Waals surface area contributed by atoms with Crippen molar-refractivity contribution in [2.75, 3.05) is 5.32 Å². The normalized spacial score (nSPS) is 16.1. The van der Waals surface area contributed by atoms with Crippen molar-refractivity contribution in [1.82, 2.24) is 14.5 Å². The topological polar surface area (TPSA) is 76.9 Å². The summed E-state index contributed by atoms with van der Waals surface area (Å²) in [7, 11) is 0. The third kappa shape index (κ3) is 4.76. The number of aryl methyl sites for hydroxylation is 1. The van der Waals surface area contributed by atoms with E-state index in [0.29, 0.717) is 18.3 Å². The number of nitrogens with one attached hydrogen (secondary N) is 1. The van der Waals surface area contributed by atoms with Crippen molar-refractivity contribution in [3.63, 3.8) is 0 Å². The second-order valence-corrected chi connectivity index (χ2v) is 7.13. The number of hydrogen-bond donors (Lipinski definition) is 1. The van der Waals surface area contributed by atoms with Crippen molar-refractivity contribution in [2.24, 2.45) is 5.92 Å². The summed E-state index contributed by atoms with van der Waals surface area (Å²) in [4.78, 5) is 32.7. The molecule has 1 amide bonds. The first-order valence-electron chi connectivity index (χ1n) is 9.13. The molecule has 1 N–H and O–H groups in total. The Labute approximate surface area is 159 Å². The zero-order chi connectivity index (χ0) is 20.3. The maximum atomic E-state index is 12.9. The van der Waals surface area contributed by atoms with Gasteiger partial charge in [0.25, 0.3) is 5.56 Å². The Morgan fingerprint density at radius 2 is 2.00 bits per heavy atom. The molecule has 1 aliphatic carbocycles. The fourth-order valence-corrected chi connectivity index (χ4v) is 3.46. The van der Waals surface area contributed by atoms with Crippen molar-refractivity contribution in [2.45, 2.75) is 51.2 Å². The van der Waals surface area contributed by atoms with Gasteiger partial charge in [0.2, 0.25) is 5.91 Å². The van der Waals surface area contributed by atoms with Gasteiger partial charge in [0.1, 0.15) is 11.9 Å². The number of hydrogen-bond acceptors (Lipinski definition) is 4. The minimum Gasteiger partial charge on any atom is -0.309 e. The number of carbonyl (C=O) groups excluding carboxylic acids is 1. The number of alkyl halides is 3. The Bertz CT molecular complexity index is 887. The van der Waals surface area contributed by atoms with Crippen molar-refractivity contribution in [3.8, 4) is 0 Å². The first-order valence-corrected chi connectivity index (χ1v) is 9.13. The second-order valence-electron chi connectivity index (χ2n) is 7.13. The van der Waals surface area contributed by atoms with E-state index < -0.39 is 29.4 Å². The van der Waals surface area contributed by atoms with Crippen LogP contribution in [0.15, 0.2) is 35.5 Å². The van der Waals surface area contributed by atoms with Crippen LogP contribution in [0.2, 0.25) is 0 Å². The second kappa shape index (κ2) is 8.12. The fourth-order valence-electron chi connectivity index (χ4n) is 3.46. The monoisotopic (exact) mass is 394 g/mol. The highest BCUT2D eigenvalue weighted by Gasteiger charge is 2.34. The average Bonchev–Trinajstić information content (AvgIpc) is 3.14. The molecule has 150 valence electrons. The number of nitrogens with zero attached hydrogens (tertiary/aromatic N) is 3. The predicted molar refractivity (Wildman–Crippen MR) is 96.7 cm³/mol. The fraction of sp³-hybridized carbons (Fsp3) is 0.474.